The van der Waals surface area contributed by atoms with Crippen molar-refractivity contribution in [2.75, 3.05) is 31.7 Å². The van der Waals surface area contributed by atoms with Gasteiger partial charge in [0, 0.05) is 18.8 Å². The zero-order valence-electron chi connectivity index (χ0n) is 15.6. The first-order chi connectivity index (χ1) is 13.2. The molecule has 0 aliphatic carbocycles. The molecule has 1 aliphatic heterocycles. The third kappa shape index (κ3) is 5.74. The van der Waals surface area contributed by atoms with Crippen molar-refractivity contribution in [2.45, 2.75) is 19.3 Å². The van der Waals surface area contributed by atoms with Crippen LogP contribution >= 0.6 is 0 Å². The monoisotopic (exact) mass is 367 g/mol. The maximum Gasteiger partial charge on any atom is 0.277 e. The number of anilines is 1. The Bertz CT molecular complexity index is 751. The predicted molar refractivity (Wildman–Crippen MR) is 107 cm³/mol. The van der Waals surface area contributed by atoms with Crippen LogP contribution in [0, 0.1) is 0 Å². The van der Waals surface area contributed by atoms with Crippen molar-refractivity contribution in [1.29, 1.82) is 0 Å². The molecule has 6 heteroatoms. The minimum absolute atomic E-state index is 0.0996. The van der Waals surface area contributed by atoms with E-state index in [2.05, 4.69) is 27.6 Å². The fraction of sp³-hybridized carbons (Fsp3) is 0.333. The number of methoxy groups -OCH3 is 1. The molecule has 1 aliphatic rings. The Hall–Kier alpha value is -3.02. The zero-order chi connectivity index (χ0) is 18.9. The van der Waals surface area contributed by atoms with E-state index in [1.165, 1.54) is 24.9 Å². The van der Waals surface area contributed by atoms with Gasteiger partial charge in [0.1, 0.15) is 11.5 Å². The van der Waals surface area contributed by atoms with E-state index >= 15 is 0 Å². The number of hydrogen-bond acceptors (Lipinski definition) is 5. The largest absolute Gasteiger partial charge is 0.497 e. The zero-order valence-corrected chi connectivity index (χ0v) is 15.6. The highest BCUT2D eigenvalue weighted by Gasteiger charge is 2.10. The lowest BCUT2D eigenvalue weighted by molar-refractivity contribution is -0.123. The molecule has 0 spiro atoms. The van der Waals surface area contributed by atoms with Crippen LogP contribution in [0.15, 0.2) is 53.6 Å². The van der Waals surface area contributed by atoms with Crippen molar-refractivity contribution in [1.82, 2.24) is 5.43 Å². The lowest BCUT2D eigenvalue weighted by Crippen LogP contribution is -2.29. The van der Waals surface area contributed by atoms with Crippen molar-refractivity contribution in [3.8, 4) is 11.5 Å². The number of benzene rings is 2. The Morgan fingerprint density at radius 1 is 1.04 bits per heavy atom. The van der Waals surface area contributed by atoms with Gasteiger partial charge in [0.25, 0.3) is 5.91 Å². The SMILES string of the molecule is COc1ccc(OCC(=O)N/N=C/c2ccc(N3CCCCC3)cc2)cc1. The summed E-state index contributed by atoms with van der Waals surface area (Å²) < 4.78 is 10.5. The molecule has 0 saturated carbocycles. The molecule has 2 aromatic rings. The number of nitrogens with one attached hydrogen (secondary N) is 1. The molecule has 0 aromatic heterocycles. The number of carbonyl (C=O) groups is 1. The van der Waals surface area contributed by atoms with E-state index in [1.807, 2.05) is 12.1 Å². The summed E-state index contributed by atoms with van der Waals surface area (Å²) in [5.74, 6) is 1.03. The van der Waals surface area contributed by atoms with Crippen LogP contribution in [0.4, 0.5) is 5.69 Å². The van der Waals surface area contributed by atoms with Crippen molar-refractivity contribution in [2.24, 2.45) is 5.10 Å². The summed E-state index contributed by atoms with van der Waals surface area (Å²) in [6.07, 6.45) is 5.47. The standard InChI is InChI=1S/C21H25N3O3/c1-26-19-9-11-20(12-10-19)27-16-21(25)23-22-15-17-5-7-18(8-6-17)24-13-3-2-4-14-24/h5-12,15H,2-4,13-14,16H2,1H3,(H,23,25)/b22-15+. The van der Waals surface area contributed by atoms with Gasteiger partial charge in [-0.05, 0) is 61.2 Å². The molecule has 1 fully saturated rings. The van der Waals surface area contributed by atoms with E-state index in [-0.39, 0.29) is 12.5 Å². The van der Waals surface area contributed by atoms with Crippen molar-refractivity contribution < 1.29 is 14.3 Å². The summed E-state index contributed by atoms with van der Waals surface area (Å²) in [4.78, 5) is 14.2. The maximum absolute atomic E-state index is 11.8. The minimum Gasteiger partial charge on any atom is -0.497 e. The Balaban J connectivity index is 1.43. The molecule has 3 rings (SSSR count). The molecule has 0 bridgehead atoms. The number of ether oxygens (including phenoxy) is 2. The van der Waals surface area contributed by atoms with Crippen molar-refractivity contribution in [3.05, 3.63) is 54.1 Å². The van der Waals surface area contributed by atoms with Crippen LogP contribution in [-0.2, 0) is 4.79 Å². The van der Waals surface area contributed by atoms with Crippen LogP contribution in [0.1, 0.15) is 24.8 Å². The first-order valence-corrected chi connectivity index (χ1v) is 9.18. The predicted octanol–water partition coefficient (Wildman–Crippen LogP) is 3.21. The van der Waals surface area contributed by atoms with Gasteiger partial charge in [-0.3, -0.25) is 4.79 Å². The lowest BCUT2D eigenvalue weighted by atomic mass is 10.1. The van der Waals surface area contributed by atoms with Gasteiger partial charge in [-0.1, -0.05) is 12.1 Å². The molecule has 27 heavy (non-hydrogen) atoms. The van der Waals surface area contributed by atoms with Gasteiger partial charge < -0.3 is 14.4 Å². The molecule has 0 atom stereocenters. The third-order valence-corrected chi connectivity index (χ3v) is 4.45. The number of amides is 1. The molecular weight excluding hydrogens is 342 g/mol. The second-order valence-electron chi connectivity index (χ2n) is 6.40. The van der Waals surface area contributed by atoms with Crippen molar-refractivity contribution >= 4 is 17.8 Å². The molecule has 1 amide bonds. The molecule has 2 aromatic carbocycles. The highest BCUT2D eigenvalue weighted by molar-refractivity contribution is 5.83. The molecule has 6 nitrogen and oxygen atoms in total. The van der Waals surface area contributed by atoms with Gasteiger partial charge >= 0.3 is 0 Å². The number of nitrogens with zero attached hydrogens (tertiary/aromatic N) is 2. The van der Waals surface area contributed by atoms with Gasteiger partial charge in [-0.2, -0.15) is 5.10 Å². The Labute approximate surface area is 159 Å². The molecule has 1 saturated heterocycles. The van der Waals surface area contributed by atoms with Crippen LogP contribution in [0.2, 0.25) is 0 Å². The smallest absolute Gasteiger partial charge is 0.277 e. The maximum atomic E-state index is 11.8. The summed E-state index contributed by atoms with van der Waals surface area (Å²) in [7, 11) is 1.60. The highest BCUT2D eigenvalue weighted by atomic mass is 16.5. The van der Waals surface area contributed by atoms with Gasteiger partial charge in [-0.25, -0.2) is 5.43 Å². The molecule has 142 valence electrons. The summed E-state index contributed by atoms with van der Waals surface area (Å²) >= 11 is 0. The second-order valence-corrected chi connectivity index (χ2v) is 6.40. The third-order valence-electron chi connectivity index (χ3n) is 4.45. The highest BCUT2D eigenvalue weighted by Crippen LogP contribution is 2.20. The number of rotatable bonds is 7. The first kappa shape index (κ1) is 18.8. The summed E-state index contributed by atoms with van der Waals surface area (Å²) in [6.45, 7) is 2.15. The lowest BCUT2D eigenvalue weighted by Gasteiger charge is -2.28. The van der Waals surface area contributed by atoms with E-state index in [0.717, 1.165) is 24.4 Å². The Kier molecular flexibility index (Phi) is 6.68. The topological polar surface area (TPSA) is 63.2 Å². The molecule has 1 heterocycles. The normalized spacial score (nSPS) is 14.2. The fourth-order valence-electron chi connectivity index (χ4n) is 2.96. The van der Waals surface area contributed by atoms with E-state index in [9.17, 15) is 4.79 Å². The van der Waals surface area contributed by atoms with Gasteiger partial charge in [0.2, 0.25) is 0 Å². The van der Waals surface area contributed by atoms with Crippen LogP contribution < -0.4 is 19.8 Å². The molecular formula is C21H25N3O3. The minimum atomic E-state index is -0.313. The van der Waals surface area contributed by atoms with Crippen LogP contribution in [0.25, 0.3) is 0 Å². The number of carbonyl (C=O) groups excluding carboxylic acids is 1. The first-order valence-electron chi connectivity index (χ1n) is 9.18. The average Bonchev–Trinajstić information content (AvgIpc) is 2.74. The summed E-state index contributed by atoms with van der Waals surface area (Å²) in [5, 5.41) is 3.99. The van der Waals surface area contributed by atoms with E-state index in [0.29, 0.717) is 5.75 Å². The number of hydrazone groups is 1. The van der Waals surface area contributed by atoms with E-state index < -0.39 is 0 Å². The molecule has 1 N–H and O–H groups in total. The number of piperidine rings is 1. The second kappa shape index (κ2) is 9.62. The van der Waals surface area contributed by atoms with Crippen LogP contribution in [0.5, 0.6) is 11.5 Å². The summed E-state index contributed by atoms with van der Waals surface area (Å²) in [6, 6.07) is 15.3. The fourth-order valence-corrected chi connectivity index (χ4v) is 2.96. The van der Waals surface area contributed by atoms with Gasteiger partial charge in [0.05, 0.1) is 13.3 Å². The Morgan fingerprint density at radius 2 is 1.70 bits per heavy atom. The number of hydrogen-bond donors (Lipinski definition) is 1. The quantitative estimate of drug-likeness (QED) is 0.603. The van der Waals surface area contributed by atoms with Crippen LogP contribution in [-0.4, -0.2) is 38.9 Å². The Morgan fingerprint density at radius 3 is 2.37 bits per heavy atom. The van der Waals surface area contributed by atoms with Gasteiger partial charge in [0.15, 0.2) is 6.61 Å². The van der Waals surface area contributed by atoms with Crippen molar-refractivity contribution in [3.63, 3.8) is 0 Å². The van der Waals surface area contributed by atoms with Gasteiger partial charge in [-0.15, -0.1) is 0 Å². The average molecular weight is 367 g/mol. The van der Waals surface area contributed by atoms with E-state index in [1.54, 1.807) is 37.6 Å². The summed E-state index contributed by atoms with van der Waals surface area (Å²) in [5.41, 5.74) is 4.65. The van der Waals surface area contributed by atoms with Crippen LogP contribution in [0.3, 0.4) is 0 Å². The molecule has 0 radical (unpaired) electrons. The molecule has 0 unspecified atom stereocenters. The van der Waals surface area contributed by atoms with E-state index in [4.69, 9.17) is 9.47 Å².